The summed E-state index contributed by atoms with van der Waals surface area (Å²) in [5.74, 6) is -3.61. The van der Waals surface area contributed by atoms with Crippen LogP contribution in [-0.2, 0) is 25.6 Å². The van der Waals surface area contributed by atoms with E-state index in [9.17, 15) is 24.3 Å². The fraction of sp³-hybridized carbons (Fsp3) is 0.360. The molecule has 192 valence electrons. The van der Waals surface area contributed by atoms with E-state index in [1.807, 2.05) is 30.3 Å². The number of nitrogens with one attached hydrogen (secondary N) is 2. The van der Waals surface area contributed by atoms with E-state index in [4.69, 9.17) is 10.8 Å². The number of nitrogens with two attached hydrogens (primary N) is 1. The summed E-state index contributed by atoms with van der Waals surface area (Å²) < 4.78 is 0. The lowest BCUT2D eigenvalue weighted by Gasteiger charge is -2.21. The number of carbonyl (C=O) groups excluding carboxylic acids is 2. The molecule has 0 heterocycles. The van der Waals surface area contributed by atoms with Gasteiger partial charge in [0.05, 0.1) is 17.8 Å². The first-order valence-electron chi connectivity index (χ1n) is 11.6. The van der Waals surface area contributed by atoms with Gasteiger partial charge in [0.15, 0.2) is 0 Å². The molecule has 0 spiro atoms. The number of benzene rings is 2. The lowest BCUT2D eigenvalue weighted by Crippen LogP contribution is -2.52. The normalized spacial score (nSPS) is 12.6. The lowest BCUT2D eigenvalue weighted by atomic mass is 10.1. The van der Waals surface area contributed by atoms with Crippen LogP contribution in [-0.4, -0.2) is 52.6 Å². The number of azo groups is 1. The number of carbonyl (C=O) groups is 4. The predicted octanol–water partition coefficient (Wildman–Crippen LogP) is 2.69. The SMILES string of the molecule is NCCCC[C@H](NC(=O)[C@H](CCC(=O)O)NC(=O)Cc1ccc(N=Nc2ccccc2)cc1)C(=O)O. The van der Waals surface area contributed by atoms with Crippen LogP contribution in [0.5, 0.6) is 0 Å². The van der Waals surface area contributed by atoms with Gasteiger partial charge in [-0.25, -0.2) is 4.79 Å². The molecular formula is C25H31N5O6. The van der Waals surface area contributed by atoms with Crippen LogP contribution in [0.25, 0.3) is 0 Å². The molecule has 0 aliphatic heterocycles. The molecule has 2 aromatic rings. The van der Waals surface area contributed by atoms with Gasteiger partial charge in [0.25, 0.3) is 0 Å². The molecule has 11 heteroatoms. The third-order valence-electron chi connectivity index (χ3n) is 5.20. The van der Waals surface area contributed by atoms with Gasteiger partial charge in [-0.1, -0.05) is 30.3 Å². The highest BCUT2D eigenvalue weighted by Gasteiger charge is 2.26. The number of carboxylic acids is 2. The van der Waals surface area contributed by atoms with Crippen LogP contribution in [0.1, 0.15) is 37.7 Å². The average molecular weight is 498 g/mol. The summed E-state index contributed by atoms with van der Waals surface area (Å²) in [6, 6.07) is 13.7. The van der Waals surface area contributed by atoms with Gasteiger partial charge in [0.2, 0.25) is 11.8 Å². The fourth-order valence-corrected chi connectivity index (χ4v) is 3.28. The zero-order valence-electron chi connectivity index (χ0n) is 19.8. The Labute approximate surface area is 208 Å². The number of carboxylic acid groups (broad SMARTS) is 2. The molecule has 2 amide bonds. The van der Waals surface area contributed by atoms with Gasteiger partial charge in [-0.3, -0.25) is 14.4 Å². The highest BCUT2D eigenvalue weighted by Crippen LogP contribution is 2.18. The number of unbranched alkanes of at least 4 members (excludes halogenated alkanes) is 1. The Hall–Kier alpha value is -4.12. The highest BCUT2D eigenvalue weighted by molar-refractivity contribution is 5.91. The molecule has 0 aliphatic carbocycles. The second-order valence-corrected chi connectivity index (χ2v) is 8.12. The average Bonchev–Trinajstić information content (AvgIpc) is 2.86. The minimum Gasteiger partial charge on any atom is -0.481 e. The topological polar surface area (TPSA) is 184 Å². The van der Waals surface area contributed by atoms with Crippen molar-refractivity contribution in [2.75, 3.05) is 6.54 Å². The molecule has 0 aromatic heterocycles. The summed E-state index contributed by atoms with van der Waals surface area (Å²) in [4.78, 5) is 47.8. The second kappa shape index (κ2) is 15.0. The Morgan fingerprint density at radius 3 is 2.03 bits per heavy atom. The van der Waals surface area contributed by atoms with E-state index in [-0.39, 0.29) is 25.7 Å². The number of hydrogen-bond donors (Lipinski definition) is 5. The van der Waals surface area contributed by atoms with Crippen molar-refractivity contribution in [3.05, 3.63) is 60.2 Å². The minimum atomic E-state index is -1.21. The first-order chi connectivity index (χ1) is 17.3. The van der Waals surface area contributed by atoms with Crippen LogP contribution in [0.2, 0.25) is 0 Å². The minimum absolute atomic E-state index is 0.0637. The fourth-order valence-electron chi connectivity index (χ4n) is 3.28. The summed E-state index contributed by atoms with van der Waals surface area (Å²) >= 11 is 0. The maximum atomic E-state index is 12.7. The maximum absolute atomic E-state index is 12.7. The Kier molecular flexibility index (Phi) is 11.7. The third kappa shape index (κ3) is 10.4. The summed E-state index contributed by atoms with van der Waals surface area (Å²) in [5.41, 5.74) is 7.37. The van der Waals surface area contributed by atoms with Crippen molar-refractivity contribution in [3.63, 3.8) is 0 Å². The second-order valence-electron chi connectivity index (χ2n) is 8.12. The van der Waals surface area contributed by atoms with E-state index < -0.39 is 35.8 Å². The van der Waals surface area contributed by atoms with Crippen molar-refractivity contribution in [2.24, 2.45) is 16.0 Å². The summed E-state index contributed by atoms with van der Waals surface area (Å²) in [7, 11) is 0. The van der Waals surface area contributed by atoms with Crippen LogP contribution in [0.3, 0.4) is 0 Å². The standard InChI is InChI=1S/C25H31N5O6/c26-15-5-4-8-21(25(35)36)28-24(34)20(13-14-23(32)33)27-22(31)16-17-9-11-19(12-10-17)30-29-18-6-2-1-3-7-18/h1-3,6-7,9-12,20-21H,4-5,8,13-16,26H2,(H,27,31)(H,28,34)(H,32,33)(H,35,36)/t20-,21-/m0/s1. The van der Waals surface area contributed by atoms with Crippen molar-refractivity contribution in [3.8, 4) is 0 Å². The van der Waals surface area contributed by atoms with Crippen molar-refractivity contribution in [1.82, 2.24) is 10.6 Å². The molecule has 0 bridgehead atoms. The molecule has 0 unspecified atom stereocenters. The molecular weight excluding hydrogens is 466 g/mol. The van der Waals surface area contributed by atoms with E-state index in [1.165, 1.54) is 0 Å². The monoisotopic (exact) mass is 497 g/mol. The maximum Gasteiger partial charge on any atom is 0.326 e. The zero-order chi connectivity index (χ0) is 26.3. The van der Waals surface area contributed by atoms with Crippen molar-refractivity contribution in [2.45, 2.75) is 50.6 Å². The molecule has 2 aromatic carbocycles. The first kappa shape index (κ1) is 28.1. The zero-order valence-corrected chi connectivity index (χ0v) is 19.8. The Balaban J connectivity index is 1.98. The molecule has 11 nitrogen and oxygen atoms in total. The number of hydrogen-bond acceptors (Lipinski definition) is 7. The first-order valence-corrected chi connectivity index (χ1v) is 11.6. The van der Waals surface area contributed by atoms with Crippen molar-refractivity contribution >= 4 is 35.1 Å². The predicted molar refractivity (Wildman–Crippen MR) is 132 cm³/mol. The molecule has 0 saturated heterocycles. The number of aliphatic carboxylic acids is 2. The molecule has 2 rings (SSSR count). The molecule has 0 saturated carbocycles. The van der Waals surface area contributed by atoms with E-state index in [0.29, 0.717) is 36.3 Å². The van der Waals surface area contributed by atoms with Gasteiger partial charge in [-0.2, -0.15) is 10.2 Å². The van der Waals surface area contributed by atoms with Crippen LogP contribution in [0, 0.1) is 0 Å². The molecule has 36 heavy (non-hydrogen) atoms. The highest BCUT2D eigenvalue weighted by atomic mass is 16.4. The van der Waals surface area contributed by atoms with Gasteiger partial charge in [0.1, 0.15) is 12.1 Å². The molecule has 6 N–H and O–H groups in total. The number of amides is 2. The largest absolute Gasteiger partial charge is 0.481 e. The molecule has 0 fully saturated rings. The summed E-state index contributed by atoms with van der Waals surface area (Å²) in [5, 5.41) is 31.6. The van der Waals surface area contributed by atoms with Gasteiger partial charge in [0, 0.05) is 6.42 Å². The van der Waals surface area contributed by atoms with E-state index in [1.54, 1.807) is 24.3 Å². The van der Waals surface area contributed by atoms with Gasteiger partial charge >= 0.3 is 11.9 Å². The van der Waals surface area contributed by atoms with Crippen LogP contribution < -0.4 is 16.4 Å². The van der Waals surface area contributed by atoms with Gasteiger partial charge in [-0.05, 0) is 62.1 Å². The van der Waals surface area contributed by atoms with Crippen LogP contribution >= 0.6 is 0 Å². The molecule has 0 radical (unpaired) electrons. The van der Waals surface area contributed by atoms with Gasteiger partial charge < -0.3 is 26.6 Å². The van der Waals surface area contributed by atoms with E-state index in [2.05, 4.69) is 20.9 Å². The van der Waals surface area contributed by atoms with Crippen LogP contribution in [0.4, 0.5) is 11.4 Å². The van der Waals surface area contributed by atoms with Crippen molar-refractivity contribution in [1.29, 1.82) is 0 Å². The molecule has 0 aliphatic rings. The Morgan fingerprint density at radius 2 is 1.44 bits per heavy atom. The smallest absolute Gasteiger partial charge is 0.326 e. The van der Waals surface area contributed by atoms with Crippen LogP contribution in [0.15, 0.2) is 64.8 Å². The summed E-state index contributed by atoms with van der Waals surface area (Å²) in [6.45, 7) is 0.397. The molecule has 2 atom stereocenters. The quantitative estimate of drug-likeness (QED) is 0.185. The Morgan fingerprint density at radius 1 is 0.806 bits per heavy atom. The lowest BCUT2D eigenvalue weighted by molar-refractivity contribution is -0.143. The van der Waals surface area contributed by atoms with Crippen molar-refractivity contribution < 1.29 is 29.4 Å². The summed E-state index contributed by atoms with van der Waals surface area (Å²) in [6.07, 6.45) is 0.662. The Bertz CT molecular complexity index is 1040. The number of rotatable bonds is 15. The third-order valence-corrected chi connectivity index (χ3v) is 5.20. The van der Waals surface area contributed by atoms with E-state index >= 15 is 0 Å². The number of nitrogens with zero attached hydrogens (tertiary/aromatic N) is 2. The van der Waals surface area contributed by atoms with E-state index in [0.717, 1.165) is 0 Å². The van der Waals surface area contributed by atoms with Gasteiger partial charge in [-0.15, -0.1) is 0 Å².